The van der Waals surface area contributed by atoms with Crippen molar-refractivity contribution in [1.29, 1.82) is 0 Å². The number of benzene rings is 6. The Morgan fingerprint density at radius 2 is 1.04 bits per heavy atom. The smallest absolute Gasteiger partial charge is 0.295 e. The maximum atomic E-state index is 12.5. The lowest BCUT2D eigenvalue weighted by Gasteiger charge is -2.14. The molecule has 46 heavy (non-hydrogen) atoms. The van der Waals surface area contributed by atoms with Crippen LogP contribution in [0.4, 0.5) is 0 Å². The number of fused-ring (bicyclic) bond motifs is 2. The molecule has 0 atom stereocenters. The molecule has 0 fully saturated rings. The molecule has 0 saturated heterocycles. The Kier molecular flexibility index (Phi) is 6.65. The van der Waals surface area contributed by atoms with Gasteiger partial charge in [-0.15, -0.1) is 0 Å². The summed E-state index contributed by atoms with van der Waals surface area (Å²) >= 11 is 0. The summed E-state index contributed by atoms with van der Waals surface area (Å²) < 4.78 is 3.37. The van der Waals surface area contributed by atoms with Crippen LogP contribution in [0.1, 0.15) is 0 Å². The van der Waals surface area contributed by atoms with Crippen molar-refractivity contribution in [2.75, 3.05) is 0 Å². The number of aromatic nitrogens is 4. The third kappa shape index (κ3) is 4.79. The zero-order valence-corrected chi connectivity index (χ0v) is 25.6. The molecule has 5 nitrogen and oxygen atoms in total. The molecule has 0 saturated carbocycles. The fraction of sp³-hybridized carbons (Fsp3) is 0.0488. The van der Waals surface area contributed by atoms with Crippen LogP contribution >= 0.6 is 0 Å². The van der Waals surface area contributed by atoms with E-state index in [0.717, 1.165) is 61.4 Å². The number of rotatable bonds is 5. The Morgan fingerprint density at radius 1 is 0.435 bits per heavy atom. The van der Waals surface area contributed by atoms with Crippen LogP contribution in [0, 0.1) is 0 Å². The second-order valence-corrected chi connectivity index (χ2v) is 11.6. The van der Waals surface area contributed by atoms with Gasteiger partial charge >= 0.3 is 5.69 Å². The van der Waals surface area contributed by atoms with Crippen LogP contribution in [0.2, 0.25) is 0 Å². The standard InChI is InChI=1S/C41H30N4O/c1-44-38-23-22-32(25-39(38)45(2)41(44)46)28-16-19-29(20-17-28)36-26-37(43-40(42-36)30-11-4-3-5-12-30)35-15-9-8-14-34(35)33-21-18-27-10-6-7-13-31(27)24-33/h3-26H,1-2H3. The second-order valence-electron chi connectivity index (χ2n) is 11.6. The number of nitrogens with zero attached hydrogens (tertiary/aromatic N) is 4. The zero-order chi connectivity index (χ0) is 31.2. The first-order valence-corrected chi connectivity index (χ1v) is 15.3. The molecule has 0 spiro atoms. The van der Waals surface area contributed by atoms with Gasteiger partial charge in [0.2, 0.25) is 0 Å². The quantitative estimate of drug-likeness (QED) is 0.200. The number of hydrogen-bond acceptors (Lipinski definition) is 3. The van der Waals surface area contributed by atoms with E-state index in [2.05, 4.69) is 109 Å². The van der Waals surface area contributed by atoms with E-state index in [4.69, 9.17) is 9.97 Å². The maximum absolute atomic E-state index is 12.5. The molecule has 0 aliphatic heterocycles. The van der Waals surface area contributed by atoms with Gasteiger partial charge in [0, 0.05) is 30.8 Å². The van der Waals surface area contributed by atoms with Gasteiger partial charge in [-0.1, -0.05) is 121 Å². The van der Waals surface area contributed by atoms with E-state index in [1.54, 1.807) is 16.2 Å². The first-order valence-electron chi connectivity index (χ1n) is 15.3. The molecule has 2 aromatic heterocycles. The molecule has 0 bridgehead atoms. The van der Waals surface area contributed by atoms with Crippen molar-refractivity contribution >= 4 is 21.8 Å². The molecule has 0 unspecified atom stereocenters. The molecule has 220 valence electrons. The van der Waals surface area contributed by atoms with Crippen molar-refractivity contribution < 1.29 is 0 Å². The zero-order valence-electron chi connectivity index (χ0n) is 25.6. The summed E-state index contributed by atoms with van der Waals surface area (Å²) in [6, 6.07) is 50.3. The number of aryl methyl sites for hydroxylation is 2. The highest BCUT2D eigenvalue weighted by Crippen LogP contribution is 2.36. The van der Waals surface area contributed by atoms with Crippen LogP contribution in [0.15, 0.2) is 150 Å². The fourth-order valence-corrected chi connectivity index (χ4v) is 6.28. The molecule has 0 aliphatic carbocycles. The first kappa shape index (κ1) is 27.5. The van der Waals surface area contributed by atoms with Gasteiger partial charge in [0.25, 0.3) is 0 Å². The molecule has 0 radical (unpaired) electrons. The number of imidazole rings is 1. The normalized spacial score (nSPS) is 11.3. The molecule has 6 aromatic carbocycles. The molecule has 0 amide bonds. The molecule has 0 aliphatic rings. The summed E-state index contributed by atoms with van der Waals surface area (Å²) in [7, 11) is 3.62. The first-order chi connectivity index (χ1) is 22.5. The molecular weight excluding hydrogens is 564 g/mol. The minimum atomic E-state index is -0.0292. The van der Waals surface area contributed by atoms with Crippen molar-refractivity contribution in [3.63, 3.8) is 0 Å². The predicted molar refractivity (Wildman–Crippen MR) is 188 cm³/mol. The van der Waals surface area contributed by atoms with Crippen molar-refractivity contribution in [3.05, 3.63) is 156 Å². The van der Waals surface area contributed by atoms with Crippen LogP contribution < -0.4 is 5.69 Å². The average molecular weight is 595 g/mol. The van der Waals surface area contributed by atoms with E-state index in [0.29, 0.717) is 5.82 Å². The summed E-state index contributed by atoms with van der Waals surface area (Å²) in [4.78, 5) is 22.6. The number of hydrogen-bond donors (Lipinski definition) is 0. The highest BCUT2D eigenvalue weighted by atomic mass is 16.1. The summed E-state index contributed by atoms with van der Waals surface area (Å²) in [6.45, 7) is 0. The Bertz CT molecular complexity index is 2460. The summed E-state index contributed by atoms with van der Waals surface area (Å²) in [5.41, 5.74) is 10.9. The van der Waals surface area contributed by atoms with E-state index in [1.807, 2.05) is 43.4 Å². The lowest BCUT2D eigenvalue weighted by Crippen LogP contribution is -2.19. The van der Waals surface area contributed by atoms with Gasteiger partial charge < -0.3 is 0 Å². The molecular formula is C41H30N4O. The second kappa shape index (κ2) is 11.1. The fourth-order valence-electron chi connectivity index (χ4n) is 6.28. The van der Waals surface area contributed by atoms with Gasteiger partial charge in [-0.05, 0) is 57.3 Å². The van der Waals surface area contributed by atoms with E-state index in [9.17, 15) is 4.79 Å². The van der Waals surface area contributed by atoms with Crippen molar-refractivity contribution in [1.82, 2.24) is 19.1 Å². The van der Waals surface area contributed by atoms with Gasteiger partial charge in [0.1, 0.15) is 0 Å². The third-order valence-electron chi connectivity index (χ3n) is 8.81. The Morgan fingerprint density at radius 3 is 1.85 bits per heavy atom. The SMILES string of the molecule is Cn1c(=O)n(C)c2cc(-c3ccc(-c4cc(-c5ccccc5-c5ccc6ccccc6c5)nc(-c5ccccc5)n4)cc3)ccc21. The van der Waals surface area contributed by atoms with E-state index in [1.165, 1.54) is 10.8 Å². The molecule has 5 heteroatoms. The van der Waals surface area contributed by atoms with E-state index in [-0.39, 0.29) is 5.69 Å². The Balaban J connectivity index is 1.24. The summed E-state index contributed by atoms with van der Waals surface area (Å²) in [5.74, 6) is 0.681. The van der Waals surface area contributed by atoms with Gasteiger partial charge in [0.05, 0.1) is 22.4 Å². The third-order valence-corrected chi connectivity index (χ3v) is 8.81. The lowest BCUT2D eigenvalue weighted by atomic mass is 9.94. The minimum absolute atomic E-state index is 0.0292. The van der Waals surface area contributed by atoms with Crippen LogP contribution in [0.5, 0.6) is 0 Å². The van der Waals surface area contributed by atoms with Gasteiger partial charge in [-0.2, -0.15) is 0 Å². The van der Waals surface area contributed by atoms with E-state index >= 15 is 0 Å². The van der Waals surface area contributed by atoms with Crippen molar-refractivity contribution in [3.8, 4) is 56.2 Å². The minimum Gasteiger partial charge on any atom is -0.295 e. The predicted octanol–water partition coefficient (Wildman–Crippen LogP) is 9.16. The van der Waals surface area contributed by atoms with Gasteiger partial charge in [0.15, 0.2) is 5.82 Å². The van der Waals surface area contributed by atoms with Crippen molar-refractivity contribution in [2.24, 2.45) is 14.1 Å². The monoisotopic (exact) mass is 594 g/mol. The molecule has 8 aromatic rings. The highest BCUT2D eigenvalue weighted by molar-refractivity contribution is 5.91. The highest BCUT2D eigenvalue weighted by Gasteiger charge is 2.15. The van der Waals surface area contributed by atoms with Gasteiger partial charge in [-0.3, -0.25) is 9.13 Å². The maximum Gasteiger partial charge on any atom is 0.328 e. The topological polar surface area (TPSA) is 52.7 Å². The van der Waals surface area contributed by atoms with Crippen molar-refractivity contribution in [2.45, 2.75) is 0 Å². The Hall–Kier alpha value is -6.07. The molecule has 2 heterocycles. The van der Waals surface area contributed by atoms with Crippen LogP contribution in [0.25, 0.3) is 78.0 Å². The summed E-state index contributed by atoms with van der Waals surface area (Å²) in [6.07, 6.45) is 0. The van der Waals surface area contributed by atoms with E-state index < -0.39 is 0 Å². The lowest BCUT2D eigenvalue weighted by molar-refractivity contribution is 0.795. The largest absolute Gasteiger partial charge is 0.328 e. The average Bonchev–Trinajstić information content (AvgIpc) is 3.34. The van der Waals surface area contributed by atoms with Crippen LogP contribution in [-0.4, -0.2) is 19.1 Å². The van der Waals surface area contributed by atoms with Crippen LogP contribution in [0.3, 0.4) is 0 Å². The van der Waals surface area contributed by atoms with Gasteiger partial charge in [-0.25, -0.2) is 14.8 Å². The molecule has 8 rings (SSSR count). The Labute approximate surface area is 266 Å². The summed E-state index contributed by atoms with van der Waals surface area (Å²) in [5, 5.41) is 2.42. The van der Waals surface area contributed by atoms with Crippen LogP contribution in [-0.2, 0) is 14.1 Å². The molecule has 0 N–H and O–H groups in total.